The van der Waals surface area contributed by atoms with Crippen LogP contribution in [0.15, 0.2) is 46.7 Å². The minimum atomic E-state index is -4.84. The quantitative estimate of drug-likeness (QED) is 0.252. The molecule has 36 heavy (non-hydrogen) atoms. The lowest BCUT2D eigenvalue weighted by Crippen LogP contribution is -2.42. The molecule has 1 aliphatic heterocycles. The highest BCUT2D eigenvalue weighted by Crippen LogP contribution is 2.49. The smallest absolute Gasteiger partial charge is 0.374 e. The molecule has 1 heterocycles. The fourth-order valence-corrected chi connectivity index (χ4v) is 4.04. The minimum Gasteiger partial charge on any atom is -0.374 e. The van der Waals surface area contributed by atoms with Crippen molar-refractivity contribution >= 4 is 40.7 Å². The maximum Gasteiger partial charge on any atom is 0.435 e. The average Bonchev–Trinajstić information content (AvgIpc) is 3.22. The Labute approximate surface area is 211 Å². The van der Waals surface area contributed by atoms with Gasteiger partial charge in [-0.1, -0.05) is 40.5 Å². The zero-order valence-electron chi connectivity index (χ0n) is 18.6. The number of carbonyl (C=O) groups is 1. The van der Waals surface area contributed by atoms with Gasteiger partial charge in [-0.2, -0.15) is 31.4 Å². The molecule has 1 atom stereocenters. The van der Waals surface area contributed by atoms with Crippen LogP contribution in [0, 0.1) is 6.92 Å². The first-order chi connectivity index (χ1) is 16.6. The number of urea groups is 1. The van der Waals surface area contributed by atoms with Crippen LogP contribution in [-0.4, -0.2) is 36.4 Å². The van der Waals surface area contributed by atoms with Gasteiger partial charge in [0.1, 0.15) is 6.54 Å². The molecule has 194 valence electrons. The Hall–Kier alpha value is -2.99. The number of halogens is 8. The number of hydrogen-bond donors (Lipinski definition) is 2. The van der Waals surface area contributed by atoms with Crippen LogP contribution in [0.5, 0.6) is 0 Å². The highest BCUT2D eigenvalue weighted by atomic mass is 35.5. The summed E-state index contributed by atoms with van der Waals surface area (Å²) in [5.41, 5.74) is 0.559. The largest absolute Gasteiger partial charge is 0.435 e. The molecule has 2 amide bonds. The van der Waals surface area contributed by atoms with Gasteiger partial charge in [0.2, 0.25) is 0 Å². The monoisotopic (exact) mass is 554 g/mol. The Morgan fingerprint density at radius 1 is 1.11 bits per heavy atom. The molecule has 0 radical (unpaired) electrons. The lowest BCUT2D eigenvalue weighted by molar-refractivity contribution is -0.275. The number of nitrogens with zero attached hydrogens (tertiary/aromatic N) is 2. The first-order valence-corrected chi connectivity index (χ1v) is 10.9. The van der Waals surface area contributed by atoms with Crippen molar-refractivity contribution in [3.63, 3.8) is 0 Å². The predicted octanol–water partition coefficient (Wildman–Crippen LogP) is 6.47. The van der Waals surface area contributed by atoms with Crippen LogP contribution in [0.4, 0.5) is 31.1 Å². The summed E-state index contributed by atoms with van der Waals surface area (Å²) in [5, 5.41) is 9.08. The predicted molar refractivity (Wildman–Crippen MR) is 122 cm³/mol. The third-order valence-corrected chi connectivity index (χ3v) is 5.68. The molecule has 2 aromatic rings. The number of alkyl halides is 6. The highest BCUT2D eigenvalue weighted by molar-refractivity contribution is 6.34. The SMILES string of the molecule is CC(=NNC(=O)NCC(F)(F)F)c1ccc(C2=NOC(c3cc(Cl)cc(Cl)c3)(C(F)(F)F)C2)cc1C. The summed E-state index contributed by atoms with van der Waals surface area (Å²) in [4.78, 5) is 16.5. The van der Waals surface area contributed by atoms with Gasteiger partial charge in [0.15, 0.2) is 0 Å². The average molecular weight is 555 g/mol. The molecular formula is C22H18Cl2F6N4O2. The van der Waals surface area contributed by atoms with Crippen LogP contribution in [0.2, 0.25) is 10.0 Å². The van der Waals surface area contributed by atoms with Crippen molar-refractivity contribution in [1.29, 1.82) is 0 Å². The lowest BCUT2D eigenvalue weighted by Gasteiger charge is -2.29. The maximum atomic E-state index is 14.2. The van der Waals surface area contributed by atoms with Gasteiger partial charge in [0.25, 0.3) is 5.60 Å². The van der Waals surface area contributed by atoms with Crippen molar-refractivity contribution in [1.82, 2.24) is 10.7 Å². The summed E-state index contributed by atoms with van der Waals surface area (Å²) >= 11 is 11.8. The number of nitrogens with one attached hydrogen (secondary N) is 2. The molecule has 2 aromatic carbocycles. The van der Waals surface area contributed by atoms with Gasteiger partial charge in [-0.15, -0.1) is 0 Å². The molecule has 2 N–H and O–H groups in total. The highest BCUT2D eigenvalue weighted by Gasteiger charge is 2.62. The number of hydrazone groups is 1. The number of aryl methyl sites for hydroxylation is 1. The summed E-state index contributed by atoms with van der Waals surface area (Å²) < 4.78 is 79.0. The zero-order chi connectivity index (χ0) is 26.9. The van der Waals surface area contributed by atoms with Crippen LogP contribution in [0.25, 0.3) is 0 Å². The first-order valence-electron chi connectivity index (χ1n) is 10.2. The Kier molecular flexibility index (Phi) is 7.80. The molecule has 0 aliphatic carbocycles. The zero-order valence-corrected chi connectivity index (χ0v) is 20.1. The molecule has 3 rings (SSSR count). The molecule has 14 heteroatoms. The molecule has 0 bridgehead atoms. The van der Waals surface area contributed by atoms with Crippen molar-refractivity contribution in [2.75, 3.05) is 6.54 Å². The van der Waals surface area contributed by atoms with Gasteiger partial charge in [-0.25, -0.2) is 10.2 Å². The summed E-state index contributed by atoms with van der Waals surface area (Å²) in [6.45, 7) is 1.62. The van der Waals surface area contributed by atoms with E-state index < -0.39 is 37.0 Å². The summed E-state index contributed by atoms with van der Waals surface area (Å²) in [5.74, 6) is 0. The molecule has 6 nitrogen and oxygen atoms in total. The molecule has 0 fully saturated rings. The van der Waals surface area contributed by atoms with Gasteiger partial charge in [0, 0.05) is 27.6 Å². The lowest BCUT2D eigenvalue weighted by atomic mass is 9.86. The van der Waals surface area contributed by atoms with Gasteiger partial charge in [-0.3, -0.25) is 0 Å². The fourth-order valence-electron chi connectivity index (χ4n) is 3.51. The molecule has 1 unspecified atom stereocenters. The Morgan fingerprint density at radius 3 is 2.31 bits per heavy atom. The fraction of sp³-hybridized carbons (Fsp3) is 0.318. The first kappa shape index (κ1) is 27.6. The van der Waals surface area contributed by atoms with E-state index in [9.17, 15) is 31.1 Å². The Bertz CT molecular complexity index is 1210. The number of amides is 2. The van der Waals surface area contributed by atoms with Crippen LogP contribution in [-0.2, 0) is 10.4 Å². The third kappa shape index (κ3) is 6.22. The molecule has 0 saturated carbocycles. The van der Waals surface area contributed by atoms with Crippen LogP contribution in [0.1, 0.15) is 35.6 Å². The van der Waals surface area contributed by atoms with Gasteiger partial charge < -0.3 is 10.2 Å². The van der Waals surface area contributed by atoms with E-state index in [4.69, 9.17) is 28.0 Å². The minimum absolute atomic E-state index is 0.00818. The van der Waals surface area contributed by atoms with E-state index >= 15 is 0 Å². The van der Waals surface area contributed by atoms with Crippen molar-refractivity contribution in [3.8, 4) is 0 Å². The van der Waals surface area contributed by atoms with E-state index in [-0.39, 0.29) is 27.0 Å². The van der Waals surface area contributed by atoms with Crippen molar-refractivity contribution in [2.24, 2.45) is 10.3 Å². The van der Waals surface area contributed by atoms with Crippen LogP contribution in [0.3, 0.4) is 0 Å². The second kappa shape index (κ2) is 10.2. The number of oxime groups is 1. The number of carbonyl (C=O) groups excluding carboxylic acids is 1. The number of rotatable bonds is 5. The molecule has 0 aromatic heterocycles. The molecule has 1 aliphatic rings. The van der Waals surface area contributed by atoms with Crippen LogP contribution >= 0.6 is 23.2 Å². The summed E-state index contributed by atoms with van der Waals surface area (Å²) in [7, 11) is 0. The molecule has 0 saturated heterocycles. The summed E-state index contributed by atoms with van der Waals surface area (Å²) in [6, 6.07) is 6.96. The Balaban J connectivity index is 1.80. The number of benzene rings is 2. The van der Waals surface area contributed by atoms with Crippen molar-refractivity contribution in [3.05, 3.63) is 68.7 Å². The normalized spacial score (nSPS) is 18.5. The second-order valence-electron chi connectivity index (χ2n) is 7.93. The van der Waals surface area contributed by atoms with Gasteiger partial charge in [0.05, 0.1) is 11.4 Å². The van der Waals surface area contributed by atoms with E-state index in [0.717, 1.165) is 12.1 Å². The topological polar surface area (TPSA) is 75.1 Å². The molecule has 0 spiro atoms. The standard InChI is InChI=1S/C22H18Cl2F6N4O2/c1-11-5-13(3-4-17(11)12(2)32-33-19(35)31-10-21(25,26)27)18-9-20(36-34-18,22(28,29)30)14-6-15(23)8-16(24)7-14/h3-8H,9-10H2,1-2H3,(H2,31,33,35). The van der Waals surface area contributed by atoms with Crippen molar-refractivity contribution in [2.45, 2.75) is 38.2 Å². The van der Waals surface area contributed by atoms with E-state index in [2.05, 4.69) is 10.3 Å². The van der Waals surface area contributed by atoms with E-state index in [1.807, 2.05) is 5.43 Å². The van der Waals surface area contributed by atoms with E-state index in [1.165, 1.54) is 25.1 Å². The van der Waals surface area contributed by atoms with Crippen LogP contribution < -0.4 is 10.7 Å². The second-order valence-corrected chi connectivity index (χ2v) is 8.80. The van der Waals surface area contributed by atoms with Gasteiger partial charge >= 0.3 is 18.4 Å². The molecular weight excluding hydrogens is 537 g/mol. The maximum absolute atomic E-state index is 14.2. The Morgan fingerprint density at radius 2 is 1.75 bits per heavy atom. The van der Waals surface area contributed by atoms with Gasteiger partial charge in [-0.05, 0) is 49.2 Å². The number of hydrogen-bond acceptors (Lipinski definition) is 4. The summed E-state index contributed by atoms with van der Waals surface area (Å²) in [6.07, 6.45) is -10.1. The van der Waals surface area contributed by atoms with E-state index in [0.29, 0.717) is 16.7 Å². The van der Waals surface area contributed by atoms with E-state index in [1.54, 1.807) is 18.3 Å². The van der Waals surface area contributed by atoms with Crippen molar-refractivity contribution < 1.29 is 36.0 Å². The third-order valence-electron chi connectivity index (χ3n) is 5.24.